The van der Waals surface area contributed by atoms with E-state index in [1.54, 1.807) is 0 Å². The lowest BCUT2D eigenvalue weighted by atomic mass is 9.83. The number of Topliss-reactive ketones (excluding diaryl/α,β-unsaturated/α-hetero) is 1. The number of aromatic nitrogens is 1. The summed E-state index contributed by atoms with van der Waals surface area (Å²) in [5, 5.41) is 1.19. The maximum Gasteiger partial charge on any atom is 0.158 e. The van der Waals surface area contributed by atoms with Crippen molar-refractivity contribution >= 4 is 16.7 Å². The lowest BCUT2D eigenvalue weighted by molar-refractivity contribution is -0.124. The number of para-hydroxylation sites is 1. The number of hydrogen-bond donors (Lipinski definition) is 1. The predicted molar refractivity (Wildman–Crippen MR) is 94.2 cm³/mol. The Morgan fingerprint density at radius 2 is 1.74 bits per heavy atom. The van der Waals surface area contributed by atoms with Crippen molar-refractivity contribution in [2.24, 2.45) is 5.73 Å². The third-order valence-electron chi connectivity index (χ3n) is 4.60. The van der Waals surface area contributed by atoms with Crippen LogP contribution in [0.5, 0.6) is 0 Å². The number of benzene rings is 2. The molecule has 3 heteroatoms. The quantitative estimate of drug-likeness (QED) is 0.751. The Morgan fingerprint density at radius 3 is 2.48 bits per heavy atom. The van der Waals surface area contributed by atoms with Crippen LogP contribution >= 0.6 is 0 Å². The molecule has 1 unspecified atom stereocenters. The van der Waals surface area contributed by atoms with Gasteiger partial charge >= 0.3 is 0 Å². The van der Waals surface area contributed by atoms with Gasteiger partial charge in [0.25, 0.3) is 0 Å². The number of nitrogens with two attached hydrogens (primary N) is 1. The molecule has 0 radical (unpaired) electrons. The highest BCUT2D eigenvalue weighted by atomic mass is 16.1. The SMILES string of the molecule is CCC(N)(C(=O)CCn1ccc2ccccc21)c1ccccc1. The molecule has 2 aromatic carbocycles. The molecule has 23 heavy (non-hydrogen) atoms. The lowest BCUT2D eigenvalue weighted by Gasteiger charge is -2.27. The van der Waals surface area contributed by atoms with E-state index < -0.39 is 5.54 Å². The van der Waals surface area contributed by atoms with Crippen LogP contribution in [0.25, 0.3) is 10.9 Å². The van der Waals surface area contributed by atoms with E-state index in [4.69, 9.17) is 5.73 Å². The predicted octanol–water partition coefficient (Wildman–Crippen LogP) is 3.86. The maximum atomic E-state index is 12.8. The Morgan fingerprint density at radius 1 is 1.04 bits per heavy atom. The molecule has 1 atom stereocenters. The Bertz CT molecular complexity index is 807. The highest BCUT2D eigenvalue weighted by Gasteiger charge is 2.33. The van der Waals surface area contributed by atoms with Crippen molar-refractivity contribution < 1.29 is 4.79 Å². The molecule has 3 nitrogen and oxygen atoms in total. The van der Waals surface area contributed by atoms with Gasteiger partial charge < -0.3 is 10.3 Å². The zero-order valence-electron chi connectivity index (χ0n) is 13.4. The third kappa shape index (κ3) is 2.92. The fourth-order valence-electron chi connectivity index (χ4n) is 3.08. The van der Waals surface area contributed by atoms with Gasteiger partial charge in [-0.1, -0.05) is 55.5 Å². The molecule has 0 bridgehead atoms. The largest absolute Gasteiger partial charge is 0.347 e. The minimum absolute atomic E-state index is 0.0870. The van der Waals surface area contributed by atoms with E-state index in [1.807, 2.05) is 55.6 Å². The molecule has 0 saturated carbocycles. The van der Waals surface area contributed by atoms with Crippen molar-refractivity contribution in [3.05, 3.63) is 72.4 Å². The van der Waals surface area contributed by atoms with E-state index in [2.05, 4.69) is 22.8 Å². The molecule has 0 spiro atoms. The van der Waals surface area contributed by atoms with Crippen LogP contribution in [0.15, 0.2) is 66.9 Å². The number of aryl methyl sites for hydroxylation is 1. The molecular weight excluding hydrogens is 284 g/mol. The summed E-state index contributed by atoms with van der Waals surface area (Å²) in [6, 6.07) is 19.9. The van der Waals surface area contributed by atoms with E-state index in [-0.39, 0.29) is 5.78 Å². The first-order valence-corrected chi connectivity index (χ1v) is 8.07. The molecule has 0 aliphatic heterocycles. The fourth-order valence-corrected chi connectivity index (χ4v) is 3.08. The highest BCUT2D eigenvalue weighted by molar-refractivity contribution is 5.89. The van der Waals surface area contributed by atoms with Crippen LogP contribution in [0.3, 0.4) is 0 Å². The summed E-state index contributed by atoms with van der Waals surface area (Å²) in [4.78, 5) is 12.8. The van der Waals surface area contributed by atoms with Crippen molar-refractivity contribution in [3.63, 3.8) is 0 Å². The van der Waals surface area contributed by atoms with Crippen LogP contribution in [-0.2, 0) is 16.9 Å². The second-order valence-electron chi connectivity index (χ2n) is 5.93. The average Bonchev–Trinajstić information content (AvgIpc) is 3.03. The number of rotatable bonds is 6. The van der Waals surface area contributed by atoms with Crippen molar-refractivity contribution in [2.45, 2.75) is 31.8 Å². The van der Waals surface area contributed by atoms with Gasteiger partial charge in [-0.05, 0) is 29.5 Å². The molecule has 0 saturated heterocycles. The number of carbonyl (C=O) groups is 1. The molecule has 1 aromatic heterocycles. The Balaban J connectivity index is 1.78. The van der Waals surface area contributed by atoms with E-state index in [0.29, 0.717) is 19.4 Å². The smallest absolute Gasteiger partial charge is 0.158 e. The van der Waals surface area contributed by atoms with Gasteiger partial charge in [0.2, 0.25) is 0 Å². The van der Waals surface area contributed by atoms with E-state index >= 15 is 0 Å². The molecule has 3 aromatic rings. The molecule has 1 heterocycles. The highest BCUT2D eigenvalue weighted by Crippen LogP contribution is 2.25. The average molecular weight is 306 g/mol. The van der Waals surface area contributed by atoms with E-state index in [1.165, 1.54) is 5.39 Å². The number of nitrogens with zero attached hydrogens (tertiary/aromatic N) is 1. The van der Waals surface area contributed by atoms with Gasteiger partial charge in [0, 0.05) is 24.7 Å². The van der Waals surface area contributed by atoms with Gasteiger partial charge in [-0.15, -0.1) is 0 Å². The van der Waals surface area contributed by atoms with E-state index in [0.717, 1.165) is 11.1 Å². The monoisotopic (exact) mass is 306 g/mol. The molecule has 0 amide bonds. The summed E-state index contributed by atoms with van der Waals surface area (Å²) in [5.41, 5.74) is 7.60. The van der Waals surface area contributed by atoms with Gasteiger partial charge in [-0.2, -0.15) is 0 Å². The summed E-state index contributed by atoms with van der Waals surface area (Å²) in [6.45, 7) is 2.62. The van der Waals surface area contributed by atoms with Crippen molar-refractivity contribution in [1.29, 1.82) is 0 Å². The first-order valence-electron chi connectivity index (χ1n) is 8.07. The molecule has 0 aliphatic rings. The zero-order chi connectivity index (χ0) is 16.3. The normalized spacial score (nSPS) is 13.8. The first kappa shape index (κ1) is 15.5. The van der Waals surface area contributed by atoms with Crippen molar-refractivity contribution in [2.75, 3.05) is 0 Å². The summed E-state index contributed by atoms with van der Waals surface area (Å²) < 4.78 is 2.12. The maximum absolute atomic E-state index is 12.8. The van der Waals surface area contributed by atoms with Crippen LogP contribution in [0.1, 0.15) is 25.3 Å². The van der Waals surface area contributed by atoms with Gasteiger partial charge in [0.1, 0.15) is 5.54 Å². The minimum Gasteiger partial charge on any atom is -0.347 e. The fraction of sp³-hybridized carbons (Fsp3) is 0.250. The Labute approximate surface area is 136 Å². The van der Waals surface area contributed by atoms with Crippen LogP contribution < -0.4 is 5.73 Å². The standard InChI is InChI=1S/C20H22N2O/c1-2-20(21,17-9-4-3-5-10-17)19(23)13-15-22-14-12-16-8-6-7-11-18(16)22/h3-12,14H,2,13,15,21H2,1H3. The first-order chi connectivity index (χ1) is 11.1. The van der Waals surface area contributed by atoms with Crippen molar-refractivity contribution in [1.82, 2.24) is 4.57 Å². The number of carbonyl (C=O) groups excluding carboxylic acids is 1. The zero-order valence-corrected chi connectivity index (χ0v) is 13.4. The van der Waals surface area contributed by atoms with E-state index in [9.17, 15) is 4.79 Å². The summed E-state index contributed by atoms with van der Waals surface area (Å²) in [7, 11) is 0. The Hall–Kier alpha value is -2.39. The van der Waals surface area contributed by atoms with Gasteiger partial charge in [-0.3, -0.25) is 4.79 Å². The molecule has 118 valence electrons. The summed E-state index contributed by atoms with van der Waals surface area (Å²) in [5.74, 6) is 0.0870. The number of ketones is 1. The second kappa shape index (κ2) is 6.39. The summed E-state index contributed by atoms with van der Waals surface area (Å²) in [6.07, 6.45) is 3.06. The third-order valence-corrected chi connectivity index (χ3v) is 4.60. The van der Waals surface area contributed by atoms with Crippen LogP contribution in [0, 0.1) is 0 Å². The van der Waals surface area contributed by atoms with Crippen LogP contribution in [0.4, 0.5) is 0 Å². The summed E-state index contributed by atoms with van der Waals surface area (Å²) >= 11 is 0. The van der Waals surface area contributed by atoms with Crippen LogP contribution in [-0.4, -0.2) is 10.4 Å². The second-order valence-corrected chi connectivity index (χ2v) is 5.93. The molecule has 2 N–H and O–H groups in total. The molecule has 0 aliphatic carbocycles. The topological polar surface area (TPSA) is 48.0 Å². The van der Waals surface area contributed by atoms with Gasteiger partial charge in [0.15, 0.2) is 5.78 Å². The Kier molecular flexibility index (Phi) is 4.30. The lowest BCUT2D eigenvalue weighted by Crippen LogP contribution is -2.44. The molecule has 3 rings (SSSR count). The van der Waals surface area contributed by atoms with Gasteiger partial charge in [-0.25, -0.2) is 0 Å². The van der Waals surface area contributed by atoms with Crippen molar-refractivity contribution in [3.8, 4) is 0 Å². The molecular formula is C20H22N2O. The van der Waals surface area contributed by atoms with Crippen LogP contribution in [0.2, 0.25) is 0 Å². The minimum atomic E-state index is -0.899. The number of fused-ring (bicyclic) bond motifs is 1. The number of hydrogen-bond acceptors (Lipinski definition) is 2. The van der Waals surface area contributed by atoms with Gasteiger partial charge in [0.05, 0.1) is 0 Å². The molecule has 0 fully saturated rings.